The molecule has 22 heavy (non-hydrogen) atoms. The molecule has 116 valence electrons. The second-order valence-electron chi connectivity index (χ2n) is 6.11. The molecular formula is C20H26N2. The molecule has 0 N–H and O–H groups in total. The number of para-hydroxylation sites is 1. The summed E-state index contributed by atoms with van der Waals surface area (Å²) in [5.41, 5.74) is 2.79. The largest absolute Gasteiger partial charge is 0.369 e. The maximum Gasteiger partial charge on any atom is 0.0368 e. The van der Waals surface area contributed by atoms with Crippen LogP contribution in [-0.4, -0.2) is 30.6 Å². The lowest BCUT2D eigenvalue weighted by Gasteiger charge is -2.39. The van der Waals surface area contributed by atoms with Crippen LogP contribution in [0.1, 0.15) is 25.3 Å². The third kappa shape index (κ3) is 3.69. The third-order valence-corrected chi connectivity index (χ3v) is 4.68. The molecule has 0 bridgehead atoms. The van der Waals surface area contributed by atoms with Crippen LogP contribution in [0.25, 0.3) is 0 Å². The molecule has 0 amide bonds. The van der Waals surface area contributed by atoms with E-state index in [1.807, 2.05) is 0 Å². The lowest BCUT2D eigenvalue weighted by molar-refractivity contribution is 0.202. The number of hydrogen-bond donors (Lipinski definition) is 0. The van der Waals surface area contributed by atoms with E-state index >= 15 is 0 Å². The zero-order valence-electron chi connectivity index (χ0n) is 13.5. The Kier molecular flexibility index (Phi) is 5.12. The fourth-order valence-corrected chi connectivity index (χ4v) is 3.50. The summed E-state index contributed by atoms with van der Waals surface area (Å²) in [5.74, 6) is 0. The van der Waals surface area contributed by atoms with Crippen molar-refractivity contribution in [3.8, 4) is 0 Å². The average molecular weight is 294 g/mol. The summed E-state index contributed by atoms with van der Waals surface area (Å²) in [6.45, 7) is 6.84. The van der Waals surface area contributed by atoms with E-state index in [-0.39, 0.29) is 0 Å². The molecule has 0 aliphatic carbocycles. The Morgan fingerprint density at radius 2 is 1.50 bits per heavy atom. The molecule has 0 aromatic heterocycles. The number of rotatable bonds is 5. The maximum atomic E-state index is 2.59. The van der Waals surface area contributed by atoms with Crippen molar-refractivity contribution in [1.29, 1.82) is 0 Å². The topological polar surface area (TPSA) is 6.48 Å². The van der Waals surface area contributed by atoms with E-state index in [0.29, 0.717) is 6.04 Å². The van der Waals surface area contributed by atoms with Crippen LogP contribution in [0.15, 0.2) is 60.7 Å². The van der Waals surface area contributed by atoms with Crippen LogP contribution in [0.3, 0.4) is 0 Å². The number of anilines is 1. The van der Waals surface area contributed by atoms with Gasteiger partial charge in [-0.2, -0.15) is 0 Å². The van der Waals surface area contributed by atoms with E-state index in [0.717, 1.165) is 13.1 Å². The van der Waals surface area contributed by atoms with E-state index < -0.39 is 0 Å². The molecule has 2 aromatic rings. The van der Waals surface area contributed by atoms with Gasteiger partial charge >= 0.3 is 0 Å². The molecule has 0 spiro atoms. The molecule has 1 fully saturated rings. The molecule has 2 nitrogen and oxygen atoms in total. The van der Waals surface area contributed by atoms with Gasteiger partial charge in [-0.15, -0.1) is 0 Å². The minimum atomic E-state index is 0.680. The second-order valence-corrected chi connectivity index (χ2v) is 6.11. The Morgan fingerprint density at radius 1 is 0.909 bits per heavy atom. The minimum absolute atomic E-state index is 0.680. The highest BCUT2D eigenvalue weighted by molar-refractivity contribution is 5.47. The smallest absolute Gasteiger partial charge is 0.0368 e. The molecule has 0 radical (unpaired) electrons. The first-order chi connectivity index (χ1) is 10.9. The molecular weight excluding hydrogens is 268 g/mol. The highest BCUT2D eigenvalue weighted by Crippen LogP contribution is 2.23. The van der Waals surface area contributed by atoms with E-state index in [4.69, 9.17) is 0 Å². The summed E-state index contributed by atoms with van der Waals surface area (Å²) < 4.78 is 0. The standard InChI is InChI=1S/C20H26N2/c1-2-22(19-11-7-4-8-12-19)20-13-15-21(16-14-20)17-18-9-5-3-6-10-18/h3-12,20H,2,13-17H2,1H3. The van der Waals surface area contributed by atoms with Crippen LogP contribution in [0.5, 0.6) is 0 Å². The number of benzene rings is 2. The van der Waals surface area contributed by atoms with Crippen LogP contribution >= 0.6 is 0 Å². The van der Waals surface area contributed by atoms with Crippen molar-refractivity contribution in [2.75, 3.05) is 24.5 Å². The van der Waals surface area contributed by atoms with Crippen molar-refractivity contribution >= 4 is 5.69 Å². The van der Waals surface area contributed by atoms with Gasteiger partial charge in [-0.05, 0) is 37.5 Å². The summed E-state index contributed by atoms with van der Waals surface area (Å²) in [5, 5.41) is 0. The number of nitrogens with zero attached hydrogens (tertiary/aromatic N) is 2. The maximum absolute atomic E-state index is 2.59. The van der Waals surface area contributed by atoms with E-state index in [2.05, 4.69) is 77.4 Å². The summed E-state index contributed by atoms with van der Waals surface area (Å²) in [6.07, 6.45) is 2.52. The van der Waals surface area contributed by atoms with Gasteiger partial charge < -0.3 is 4.90 Å². The van der Waals surface area contributed by atoms with Crippen molar-refractivity contribution < 1.29 is 0 Å². The first-order valence-corrected chi connectivity index (χ1v) is 8.45. The fourth-order valence-electron chi connectivity index (χ4n) is 3.50. The normalized spacial score (nSPS) is 16.6. The van der Waals surface area contributed by atoms with E-state index in [1.165, 1.54) is 37.2 Å². The zero-order valence-corrected chi connectivity index (χ0v) is 13.5. The van der Waals surface area contributed by atoms with Gasteiger partial charge in [0, 0.05) is 37.9 Å². The Morgan fingerprint density at radius 3 is 2.09 bits per heavy atom. The molecule has 1 heterocycles. The quantitative estimate of drug-likeness (QED) is 0.816. The zero-order chi connectivity index (χ0) is 15.2. The van der Waals surface area contributed by atoms with Crippen molar-refractivity contribution in [2.45, 2.75) is 32.4 Å². The molecule has 0 atom stereocenters. The van der Waals surface area contributed by atoms with Gasteiger partial charge in [0.25, 0.3) is 0 Å². The van der Waals surface area contributed by atoms with Crippen LogP contribution in [0.4, 0.5) is 5.69 Å². The summed E-state index contributed by atoms with van der Waals surface area (Å²) in [7, 11) is 0. The highest BCUT2D eigenvalue weighted by atomic mass is 15.2. The van der Waals surface area contributed by atoms with Gasteiger partial charge in [-0.3, -0.25) is 4.90 Å². The van der Waals surface area contributed by atoms with Gasteiger partial charge in [0.15, 0.2) is 0 Å². The summed E-state index contributed by atoms with van der Waals surface area (Å²) in [6, 6.07) is 22.4. The SMILES string of the molecule is CCN(c1ccccc1)C1CCN(Cc2ccccc2)CC1. The van der Waals surface area contributed by atoms with Gasteiger partial charge in [0.2, 0.25) is 0 Å². The highest BCUT2D eigenvalue weighted by Gasteiger charge is 2.23. The van der Waals surface area contributed by atoms with Gasteiger partial charge in [-0.25, -0.2) is 0 Å². The van der Waals surface area contributed by atoms with Crippen molar-refractivity contribution in [1.82, 2.24) is 4.90 Å². The lowest BCUT2D eigenvalue weighted by Crippen LogP contribution is -2.44. The van der Waals surface area contributed by atoms with Crippen molar-refractivity contribution in [2.24, 2.45) is 0 Å². The summed E-state index contributed by atoms with van der Waals surface area (Å²) >= 11 is 0. The van der Waals surface area contributed by atoms with E-state index in [9.17, 15) is 0 Å². The molecule has 0 unspecified atom stereocenters. The van der Waals surface area contributed by atoms with Crippen LogP contribution < -0.4 is 4.90 Å². The van der Waals surface area contributed by atoms with Crippen LogP contribution in [0.2, 0.25) is 0 Å². The summed E-state index contributed by atoms with van der Waals surface area (Å²) in [4.78, 5) is 5.16. The molecule has 1 aliphatic heterocycles. The van der Waals surface area contributed by atoms with Gasteiger partial charge in [0.1, 0.15) is 0 Å². The minimum Gasteiger partial charge on any atom is -0.369 e. The van der Waals surface area contributed by atoms with Crippen molar-refractivity contribution in [3.05, 3.63) is 66.2 Å². The Labute approximate surface area is 134 Å². The second kappa shape index (κ2) is 7.46. The fraction of sp³-hybridized carbons (Fsp3) is 0.400. The molecule has 2 aromatic carbocycles. The Balaban J connectivity index is 1.57. The molecule has 0 saturated carbocycles. The Bertz CT molecular complexity index is 544. The Hall–Kier alpha value is -1.80. The molecule has 2 heteroatoms. The van der Waals surface area contributed by atoms with E-state index in [1.54, 1.807) is 0 Å². The average Bonchev–Trinajstić information content (AvgIpc) is 2.59. The third-order valence-electron chi connectivity index (χ3n) is 4.68. The molecule has 3 rings (SSSR count). The predicted octanol–water partition coefficient (Wildman–Crippen LogP) is 4.18. The lowest BCUT2D eigenvalue weighted by atomic mass is 10.0. The first-order valence-electron chi connectivity index (χ1n) is 8.45. The molecule has 1 saturated heterocycles. The van der Waals surface area contributed by atoms with Gasteiger partial charge in [-0.1, -0.05) is 48.5 Å². The number of likely N-dealkylation sites (tertiary alicyclic amines) is 1. The van der Waals surface area contributed by atoms with Crippen LogP contribution in [0, 0.1) is 0 Å². The molecule has 1 aliphatic rings. The first kappa shape index (κ1) is 15.1. The number of piperidine rings is 1. The monoisotopic (exact) mass is 294 g/mol. The predicted molar refractivity (Wildman–Crippen MR) is 94.2 cm³/mol. The van der Waals surface area contributed by atoms with Gasteiger partial charge in [0.05, 0.1) is 0 Å². The van der Waals surface area contributed by atoms with Crippen LogP contribution in [-0.2, 0) is 6.54 Å². The van der Waals surface area contributed by atoms with Crippen molar-refractivity contribution in [3.63, 3.8) is 0 Å². The number of hydrogen-bond acceptors (Lipinski definition) is 2.